The van der Waals surface area contributed by atoms with Gasteiger partial charge in [-0.05, 0) is 93.0 Å². The Morgan fingerprint density at radius 1 is 1.00 bits per heavy atom. The summed E-state index contributed by atoms with van der Waals surface area (Å²) in [5.74, 6) is -1.32. The van der Waals surface area contributed by atoms with Crippen LogP contribution in [-0.4, -0.2) is 12.7 Å². The first-order valence-corrected chi connectivity index (χ1v) is 11.7. The van der Waals surface area contributed by atoms with Crippen LogP contribution in [0.5, 0.6) is 11.5 Å². The van der Waals surface area contributed by atoms with Crippen molar-refractivity contribution < 1.29 is 27.0 Å². The highest BCUT2D eigenvalue weighted by Gasteiger charge is 2.32. The van der Waals surface area contributed by atoms with Crippen molar-refractivity contribution in [1.29, 1.82) is 0 Å². The van der Waals surface area contributed by atoms with Crippen molar-refractivity contribution in [2.45, 2.75) is 70.3 Å². The number of hydrogen-bond donors (Lipinski definition) is 0. The van der Waals surface area contributed by atoms with Crippen LogP contribution in [0.1, 0.15) is 68.9 Å². The molecule has 2 aromatic carbocycles. The lowest BCUT2D eigenvalue weighted by Crippen LogP contribution is -2.25. The molecule has 0 atom stereocenters. The van der Waals surface area contributed by atoms with Gasteiger partial charge >= 0.3 is 6.11 Å². The van der Waals surface area contributed by atoms with Crippen LogP contribution in [-0.2, 0) is 6.42 Å². The Hall–Kier alpha value is -2.50. The second-order valence-electron chi connectivity index (χ2n) is 8.68. The van der Waals surface area contributed by atoms with Gasteiger partial charge in [0, 0.05) is 0 Å². The number of hydrogen-bond acceptors (Lipinski definition) is 2. The van der Waals surface area contributed by atoms with Gasteiger partial charge in [0.05, 0.1) is 13.0 Å². The molecule has 1 fully saturated rings. The number of allylic oxidation sites excluding steroid dienone is 1. The second-order valence-corrected chi connectivity index (χ2v) is 8.68. The summed E-state index contributed by atoms with van der Waals surface area (Å²) in [6.45, 7) is 5.61. The van der Waals surface area contributed by atoms with Gasteiger partial charge in [0.1, 0.15) is 5.75 Å². The fraction of sp³-hybridized carbons (Fsp3) is 0.481. The maximum Gasteiger partial charge on any atom is 0.398 e. The third-order valence-electron chi connectivity index (χ3n) is 6.36. The van der Waals surface area contributed by atoms with Crippen LogP contribution in [0.25, 0.3) is 0 Å². The third kappa shape index (κ3) is 6.99. The van der Waals surface area contributed by atoms with E-state index in [9.17, 15) is 17.6 Å². The van der Waals surface area contributed by atoms with E-state index in [1.807, 2.05) is 18.2 Å². The molecule has 0 N–H and O–H groups in total. The summed E-state index contributed by atoms with van der Waals surface area (Å²) in [6.07, 6.45) is 4.11. The quantitative estimate of drug-likeness (QED) is 0.246. The molecule has 0 amide bonds. The van der Waals surface area contributed by atoms with E-state index in [1.165, 1.54) is 31.4 Å². The molecule has 2 aromatic rings. The van der Waals surface area contributed by atoms with Gasteiger partial charge in [-0.3, -0.25) is 0 Å². The van der Waals surface area contributed by atoms with E-state index < -0.39 is 24.2 Å². The second kappa shape index (κ2) is 11.6. The maximum atomic E-state index is 14.4. The van der Waals surface area contributed by atoms with E-state index in [1.54, 1.807) is 19.1 Å². The van der Waals surface area contributed by atoms with E-state index in [0.717, 1.165) is 30.7 Å². The van der Waals surface area contributed by atoms with Gasteiger partial charge in [-0.2, -0.15) is 13.2 Å². The zero-order chi connectivity index (χ0) is 23.8. The van der Waals surface area contributed by atoms with E-state index in [0.29, 0.717) is 5.92 Å². The topological polar surface area (TPSA) is 18.5 Å². The molecule has 180 valence electrons. The molecule has 0 radical (unpaired) electrons. The molecule has 1 aliphatic rings. The summed E-state index contributed by atoms with van der Waals surface area (Å²) in [5.41, 5.74) is 0.998. The fourth-order valence-corrected chi connectivity index (χ4v) is 4.48. The fourth-order valence-electron chi connectivity index (χ4n) is 4.48. The molecule has 0 bridgehead atoms. The lowest BCUT2D eigenvalue weighted by atomic mass is 9.77. The maximum absolute atomic E-state index is 14.4. The Balaban J connectivity index is 1.53. The van der Waals surface area contributed by atoms with Crippen LogP contribution in [0.3, 0.4) is 0 Å². The van der Waals surface area contributed by atoms with Crippen molar-refractivity contribution in [3.8, 4) is 11.5 Å². The molecule has 0 unspecified atom stereocenters. The molecule has 6 heteroatoms. The summed E-state index contributed by atoms with van der Waals surface area (Å²) in [6, 6.07) is 9.33. The molecule has 0 aliphatic heterocycles. The van der Waals surface area contributed by atoms with E-state index in [4.69, 9.17) is 9.47 Å². The number of halogens is 4. The Morgan fingerprint density at radius 2 is 1.70 bits per heavy atom. The van der Waals surface area contributed by atoms with Crippen molar-refractivity contribution in [2.75, 3.05) is 6.61 Å². The highest BCUT2D eigenvalue weighted by molar-refractivity contribution is 5.32. The Kier molecular flexibility index (Phi) is 8.81. The van der Waals surface area contributed by atoms with Crippen molar-refractivity contribution >= 4 is 0 Å². The molecule has 3 rings (SSSR count). The summed E-state index contributed by atoms with van der Waals surface area (Å²) in [7, 11) is 0. The molecule has 2 nitrogen and oxygen atoms in total. The lowest BCUT2D eigenvalue weighted by Gasteiger charge is -2.28. The molecule has 0 saturated heterocycles. The Morgan fingerprint density at radius 3 is 2.33 bits per heavy atom. The minimum atomic E-state index is -3.51. The van der Waals surface area contributed by atoms with Gasteiger partial charge in [-0.25, -0.2) is 4.39 Å². The normalized spacial score (nSPS) is 18.7. The monoisotopic (exact) mass is 464 g/mol. The Labute approximate surface area is 193 Å². The predicted octanol–water partition coefficient (Wildman–Crippen LogP) is 8.21. The molecule has 1 saturated carbocycles. The van der Waals surface area contributed by atoms with Crippen LogP contribution in [0.2, 0.25) is 0 Å². The van der Waals surface area contributed by atoms with Gasteiger partial charge < -0.3 is 9.47 Å². The summed E-state index contributed by atoms with van der Waals surface area (Å²) in [5, 5.41) is 0. The molecule has 0 spiro atoms. The highest BCUT2D eigenvalue weighted by Crippen LogP contribution is 2.38. The van der Waals surface area contributed by atoms with Crippen LogP contribution in [0, 0.1) is 17.6 Å². The standard InChI is InChI=1S/C27H32F4O2/c1-3-5-6-19-7-9-20(10-8-19)21-11-14-23(15-12-21)33-27(30,31)18-17-22-13-16-24(32-4-2)26(29)25(22)28/h3,11-16,19-20H,1,4-10,17-18H2,2H3. The number of ether oxygens (including phenoxy) is 2. The van der Waals surface area contributed by atoms with Crippen LogP contribution < -0.4 is 9.47 Å². The number of aryl methyl sites for hydroxylation is 1. The SMILES string of the molecule is C=CCCC1CCC(c2ccc(OC(F)(F)CCc3ccc(OCC)c(F)c3F)cc2)CC1. The summed E-state index contributed by atoms with van der Waals surface area (Å²) >= 11 is 0. The van der Waals surface area contributed by atoms with E-state index in [2.05, 4.69) is 6.58 Å². The van der Waals surface area contributed by atoms with Crippen molar-refractivity contribution in [1.82, 2.24) is 0 Å². The van der Waals surface area contributed by atoms with E-state index in [-0.39, 0.29) is 30.1 Å². The predicted molar refractivity (Wildman–Crippen MR) is 122 cm³/mol. The number of rotatable bonds is 11. The smallest absolute Gasteiger partial charge is 0.398 e. The lowest BCUT2D eigenvalue weighted by molar-refractivity contribution is -0.180. The molecule has 0 aromatic heterocycles. The minimum Gasteiger partial charge on any atom is -0.491 e. The van der Waals surface area contributed by atoms with Crippen LogP contribution >= 0.6 is 0 Å². The summed E-state index contributed by atoms with van der Waals surface area (Å²) < 4.78 is 66.7. The molecular formula is C27H32F4O2. The molecule has 1 aliphatic carbocycles. The first-order chi connectivity index (χ1) is 15.8. The largest absolute Gasteiger partial charge is 0.491 e. The van der Waals surface area contributed by atoms with Crippen molar-refractivity contribution in [2.24, 2.45) is 5.92 Å². The first-order valence-electron chi connectivity index (χ1n) is 11.7. The van der Waals surface area contributed by atoms with Crippen LogP contribution in [0.15, 0.2) is 49.1 Å². The Bertz CT molecular complexity index is 903. The average molecular weight is 465 g/mol. The first kappa shape index (κ1) is 25.1. The summed E-state index contributed by atoms with van der Waals surface area (Å²) in [4.78, 5) is 0. The van der Waals surface area contributed by atoms with Crippen molar-refractivity contribution in [3.63, 3.8) is 0 Å². The zero-order valence-corrected chi connectivity index (χ0v) is 19.1. The van der Waals surface area contributed by atoms with Gasteiger partial charge in [0.15, 0.2) is 11.6 Å². The number of alkyl halides is 2. The minimum absolute atomic E-state index is 0.0572. The van der Waals surface area contributed by atoms with Crippen LogP contribution in [0.4, 0.5) is 17.6 Å². The molecule has 0 heterocycles. The average Bonchev–Trinajstić information content (AvgIpc) is 2.81. The van der Waals surface area contributed by atoms with E-state index >= 15 is 0 Å². The van der Waals surface area contributed by atoms with Gasteiger partial charge in [-0.1, -0.05) is 24.3 Å². The van der Waals surface area contributed by atoms with Gasteiger partial charge in [0.2, 0.25) is 5.82 Å². The molecular weight excluding hydrogens is 432 g/mol. The van der Waals surface area contributed by atoms with Gasteiger partial charge in [-0.15, -0.1) is 6.58 Å². The van der Waals surface area contributed by atoms with Crippen molar-refractivity contribution in [3.05, 3.63) is 71.8 Å². The third-order valence-corrected chi connectivity index (χ3v) is 6.36. The number of benzene rings is 2. The molecule has 33 heavy (non-hydrogen) atoms. The highest BCUT2D eigenvalue weighted by atomic mass is 19.3. The zero-order valence-electron chi connectivity index (χ0n) is 19.1. The van der Waals surface area contributed by atoms with Gasteiger partial charge in [0.25, 0.3) is 0 Å².